The molecule has 0 fully saturated rings. The third kappa shape index (κ3) is 2.25. The summed E-state index contributed by atoms with van der Waals surface area (Å²) in [5.74, 6) is -0.843. The van der Waals surface area contributed by atoms with Gasteiger partial charge in [-0.05, 0) is 12.1 Å². The normalized spacial score (nSPS) is 15.1. The Bertz CT molecular complexity index is 764. The lowest BCUT2D eigenvalue weighted by Gasteiger charge is -2.04. The van der Waals surface area contributed by atoms with Crippen LogP contribution in [0.2, 0.25) is 0 Å². The molecule has 21 heavy (non-hydrogen) atoms. The van der Waals surface area contributed by atoms with E-state index in [-0.39, 0.29) is 11.3 Å². The van der Waals surface area contributed by atoms with Crippen molar-refractivity contribution >= 4 is 23.1 Å². The number of nitrogens with two attached hydrogens (primary N) is 1. The Labute approximate surface area is 121 Å². The number of aliphatic hydroxyl groups excluding tert-OH is 1. The second-order valence-corrected chi connectivity index (χ2v) is 4.57. The molecule has 0 radical (unpaired) electrons. The maximum Gasteiger partial charge on any atom is 0.254 e. The van der Waals surface area contributed by atoms with Gasteiger partial charge in [-0.25, -0.2) is 0 Å². The summed E-state index contributed by atoms with van der Waals surface area (Å²) in [5, 5.41) is 14.4. The summed E-state index contributed by atoms with van der Waals surface area (Å²) in [6, 6.07) is 16.4. The monoisotopic (exact) mass is 279 g/mol. The van der Waals surface area contributed by atoms with Crippen molar-refractivity contribution in [3.63, 3.8) is 0 Å². The molecule has 0 saturated carbocycles. The number of aliphatic hydroxyl groups is 1. The van der Waals surface area contributed by atoms with E-state index in [0.29, 0.717) is 16.8 Å². The molecule has 5 heteroatoms. The second-order valence-electron chi connectivity index (χ2n) is 4.57. The molecule has 0 bridgehead atoms. The highest BCUT2D eigenvalue weighted by Gasteiger charge is 2.31. The molecular formula is C16H13N3O2. The third-order valence-corrected chi connectivity index (χ3v) is 3.23. The van der Waals surface area contributed by atoms with E-state index in [1.807, 2.05) is 36.4 Å². The predicted molar refractivity (Wildman–Crippen MR) is 81.8 cm³/mol. The van der Waals surface area contributed by atoms with Crippen molar-refractivity contribution in [3.05, 3.63) is 71.3 Å². The first kappa shape index (κ1) is 12.9. The van der Waals surface area contributed by atoms with Crippen LogP contribution in [0.1, 0.15) is 11.1 Å². The Balaban J connectivity index is 2.05. The van der Waals surface area contributed by atoms with Crippen molar-refractivity contribution in [1.29, 1.82) is 0 Å². The van der Waals surface area contributed by atoms with Crippen LogP contribution in [0.25, 0.3) is 5.76 Å². The summed E-state index contributed by atoms with van der Waals surface area (Å²) in [4.78, 5) is 11.6. The minimum absolute atomic E-state index is 0.0274. The van der Waals surface area contributed by atoms with Crippen molar-refractivity contribution in [2.45, 2.75) is 0 Å². The first-order valence-electron chi connectivity index (χ1n) is 6.40. The summed E-state index contributed by atoms with van der Waals surface area (Å²) >= 11 is 0. The number of carbonyl (C=O) groups excluding carboxylic acids is 1. The minimum Gasteiger partial charge on any atom is -0.506 e. The SMILES string of the molecule is NC(=O)C1=C(O)c2ccccc2/C1=N\Nc1ccccc1. The zero-order chi connectivity index (χ0) is 14.8. The number of carbonyl (C=O) groups is 1. The number of nitrogens with zero attached hydrogens (tertiary/aromatic N) is 1. The molecule has 1 amide bonds. The van der Waals surface area contributed by atoms with Gasteiger partial charge >= 0.3 is 0 Å². The van der Waals surface area contributed by atoms with Gasteiger partial charge in [-0.3, -0.25) is 10.2 Å². The molecular weight excluding hydrogens is 266 g/mol. The number of fused-ring (bicyclic) bond motifs is 1. The van der Waals surface area contributed by atoms with Crippen LogP contribution in [-0.4, -0.2) is 16.7 Å². The Hall–Kier alpha value is -3.08. The molecule has 0 aromatic heterocycles. The summed E-state index contributed by atoms with van der Waals surface area (Å²) in [6.45, 7) is 0. The highest BCUT2D eigenvalue weighted by Crippen LogP contribution is 2.31. The predicted octanol–water partition coefficient (Wildman–Crippen LogP) is 2.27. The molecule has 0 unspecified atom stereocenters. The van der Waals surface area contributed by atoms with Crippen molar-refractivity contribution in [1.82, 2.24) is 0 Å². The van der Waals surface area contributed by atoms with Crippen molar-refractivity contribution in [2.24, 2.45) is 10.8 Å². The van der Waals surface area contributed by atoms with Crippen LogP contribution >= 0.6 is 0 Å². The molecule has 2 aromatic carbocycles. The Morgan fingerprint density at radius 1 is 1.00 bits per heavy atom. The molecule has 104 valence electrons. The number of primary amides is 1. The van der Waals surface area contributed by atoms with E-state index >= 15 is 0 Å². The zero-order valence-corrected chi connectivity index (χ0v) is 11.1. The first-order chi connectivity index (χ1) is 10.2. The fraction of sp³-hybridized carbons (Fsp3) is 0. The van der Waals surface area contributed by atoms with Crippen LogP contribution in [0.3, 0.4) is 0 Å². The fourth-order valence-electron chi connectivity index (χ4n) is 2.26. The van der Waals surface area contributed by atoms with Crippen molar-refractivity contribution in [2.75, 3.05) is 5.43 Å². The van der Waals surface area contributed by atoms with Gasteiger partial charge in [-0.15, -0.1) is 0 Å². The van der Waals surface area contributed by atoms with Gasteiger partial charge in [0, 0.05) is 11.1 Å². The number of amides is 1. The van der Waals surface area contributed by atoms with Gasteiger partial charge in [0.25, 0.3) is 5.91 Å². The zero-order valence-electron chi connectivity index (χ0n) is 11.1. The number of hydrogen-bond donors (Lipinski definition) is 3. The molecule has 0 heterocycles. The number of rotatable bonds is 3. The van der Waals surface area contributed by atoms with Crippen LogP contribution < -0.4 is 11.2 Å². The lowest BCUT2D eigenvalue weighted by Crippen LogP contribution is -2.20. The smallest absolute Gasteiger partial charge is 0.254 e. The van der Waals surface area contributed by atoms with E-state index in [1.165, 1.54) is 0 Å². The molecule has 0 atom stereocenters. The van der Waals surface area contributed by atoms with Gasteiger partial charge in [-0.2, -0.15) is 5.10 Å². The molecule has 0 saturated heterocycles. The van der Waals surface area contributed by atoms with Gasteiger partial charge in [0.2, 0.25) is 0 Å². The maximum absolute atomic E-state index is 11.6. The molecule has 0 aliphatic heterocycles. The lowest BCUT2D eigenvalue weighted by molar-refractivity contribution is -0.114. The standard InChI is InChI=1S/C16H13N3O2/c17-16(21)13-14(19-18-10-6-2-1-3-7-10)11-8-4-5-9-12(11)15(13)20/h1-9,18,20H,(H2,17,21)/b19-14+. The average Bonchev–Trinajstić information content (AvgIpc) is 2.79. The van der Waals surface area contributed by atoms with E-state index in [0.717, 1.165) is 5.69 Å². The highest BCUT2D eigenvalue weighted by atomic mass is 16.3. The van der Waals surface area contributed by atoms with Gasteiger partial charge < -0.3 is 10.8 Å². The molecule has 1 aliphatic carbocycles. The van der Waals surface area contributed by atoms with Crippen LogP contribution in [0.4, 0.5) is 5.69 Å². The van der Waals surface area contributed by atoms with E-state index in [1.54, 1.807) is 18.2 Å². The van der Waals surface area contributed by atoms with E-state index in [9.17, 15) is 9.90 Å². The fourth-order valence-corrected chi connectivity index (χ4v) is 2.26. The quantitative estimate of drug-likeness (QED) is 0.753. The van der Waals surface area contributed by atoms with Crippen molar-refractivity contribution < 1.29 is 9.90 Å². The highest BCUT2D eigenvalue weighted by molar-refractivity contribution is 6.35. The average molecular weight is 279 g/mol. The minimum atomic E-state index is -0.711. The van der Waals surface area contributed by atoms with Gasteiger partial charge in [0.05, 0.1) is 5.69 Å². The molecule has 2 aromatic rings. The molecule has 3 rings (SSSR count). The number of anilines is 1. The van der Waals surface area contributed by atoms with Crippen LogP contribution in [-0.2, 0) is 4.79 Å². The van der Waals surface area contributed by atoms with Crippen LogP contribution in [0.5, 0.6) is 0 Å². The molecule has 4 N–H and O–H groups in total. The number of para-hydroxylation sites is 1. The van der Waals surface area contributed by atoms with E-state index < -0.39 is 5.91 Å². The number of hydrazone groups is 1. The largest absolute Gasteiger partial charge is 0.506 e. The summed E-state index contributed by atoms with van der Waals surface area (Å²) in [5.41, 5.74) is 10.6. The van der Waals surface area contributed by atoms with Gasteiger partial charge in [0.1, 0.15) is 17.0 Å². The maximum atomic E-state index is 11.6. The molecule has 0 spiro atoms. The van der Waals surface area contributed by atoms with E-state index in [4.69, 9.17) is 5.73 Å². The third-order valence-electron chi connectivity index (χ3n) is 3.23. The second kappa shape index (κ2) is 5.13. The summed E-state index contributed by atoms with van der Waals surface area (Å²) in [6.07, 6.45) is 0. The number of benzene rings is 2. The molecule has 1 aliphatic rings. The Kier molecular flexibility index (Phi) is 3.16. The first-order valence-corrected chi connectivity index (χ1v) is 6.40. The van der Waals surface area contributed by atoms with E-state index in [2.05, 4.69) is 10.5 Å². The Morgan fingerprint density at radius 2 is 1.62 bits per heavy atom. The number of hydrogen-bond acceptors (Lipinski definition) is 4. The van der Waals surface area contributed by atoms with Gasteiger partial charge in [0.15, 0.2) is 0 Å². The number of nitrogens with one attached hydrogen (secondary N) is 1. The van der Waals surface area contributed by atoms with Crippen LogP contribution in [0.15, 0.2) is 65.3 Å². The topological polar surface area (TPSA) is 87.7 Å². The summed E-state index contributed by atoms with van der Waals surface area (Å²) in [7, 11) is 0. The lowest BCUT2D eigenvalue weighted by atomic mass is 10.1. The van der Waals surface area contributed by atoms with Crippen molar-refractivity contribution in [3.8, 4) is 0 Å². The van der Waals surface area contributed by atoms with Crippen LogP contribution in [0, 0.1) is 0 Å². The Morgan fingerprint density at radius 3 is 2.29 bits per heavy atom. The summed E-state index contributed by atoms with van der Waals surface area (Å²) < 4.78 is 0. The molecule has 5 nitrogen and oxygen atoms in total. The van der Waals surface area contributed by atoms with Gasteiger partial charge in [-0.1, -0.05) is 42.5 Å².